The number of primary amides is 1. The Kier molecular flexibility index (Phi) is 3.42. The van der Waals surface area contributed by atoms with E-state index in [2.05, 4.69) is 15.3 Å². The molecule has 2 rings (SSSR count). The van der Waals surface area contributed by atoms with Gasteiger partial charge in [-0.15, -0.1) is 11.3 Å². The van der Waals surface area contributed by atoms with Crippen molar-refractivity contribution in [2.45, 2.75) is 13.5 Å². The van der Waals surface area contributed by atoms with E-state index in [1.54, 1.807) is 16.8 Å². The first-order valence-corrected chi connectivity index (χ1v) is 6.14. The molecule has 0 fully saturated rings. The molecule has 5 N–H and O–H groups in total. The van der Waals surface area contributed by atoms with Crippen LogP contribution in [-0.2, 0) is 6.54 Å². The van der Waals surface area contributed by atoms with Crippen molar-refractivity contribution in [2.75, 3.05) is 11.1 Å². The minimum atomic E-state index is -0.535. The number of carbonyl (C=O) groups excluding carboxylic acids is 1. The second-order valence-electron chi connectivity index (χ2n) is 3.73. The summed E-state index contributed by atoms with van der Waals surface area (Å²) in [6.45, 7) is 2.51. The fourth-order valence-electron chi connectivity index (χ4n) is 1.49. The smallest absolute Gasteiger partial charge is 0.250 e. The van der Waals surface area contributed by atoms with Crippen LogP contribution < -0.4 is 16.8 Å². The maximum atomic E-state index is 11.3. The van der Waals surface area contributed by atoms with Gasteiger partial charge in [0.2, 0.25) is 0 Å². The number of anilines is 2. The molecule has 94 valence electrons. The van der Waals surface area contributed by atoms with Gasteiger partial charge >= 0.3 is 0 Å². The van der Waals surface area contributed by atoms with E-state index in [0.29, 0.717) is 17.8 Å². The van der Waals surface area contributed by atoms with Crippen LogP contribution in [-0.4, -0.2) is 15.9 Å². The van der Waals surface area contributed by atoms with Crippen LogP contribution >= 0.6 is 11.3 Å². The number of aryl methyl sites for hydroxylation is 1. The average molecular weight is 263 g/mol. The number of hydrogen-bond donors (Lipinski definition) is 3. The molecule has 0 aliphatic heterocycles. The topological polar surface area (TPSA) is 107 Å². The van der Waals surface area contributed by atoms with Gasteiger partial charge in [-0.3, -0.25) is 4.79 Å². The fraction of sp³-hybridized carbons (Fsp3) is 0.182. The first-order valence-electron chi connectivity index (χ1n) is 5.26. The molecule has 0 aliphatic rings. The molecule has 2 aromatic heterocycles. The highest BCUT2D eigenvalue weighted by molar-refractivity contribution is 7.09. The molecule has 0 saturated carbocycles. The third-order valence-electron chi connectivity index (χ3n) is 2.47. The summed E-state index contributed by atoms with van der Waals surface area (Å²) in [7, 11) is 0. The average Bonchev–Trinajstić information content (AvgIpc) is 2.73. The molecule has 0 bridgehead atoms. The number of nitrogens with one attached hydrogen (secondary N) is 1. The molecule has 7 heteroatoms. The van der Waals surface area contributed by atoms with Gasteiger partial charge in [-0.25, -0.2) is 9.97 Å². The molecule has 0 aliphatic carbocycles. The molecular formula is C11H13N5OS. The predicted molar refractivity (Wildman–Crippen MR) is 71.3 cm³/mol. The molecule has 2 aromatic rings. The highest BCUT2D eigenvalue weighted by Gasteiger charge is 2.10. The van der Waals surface area contributed by atoms with E-state index in [9.17, 15) is 4.79 Å². The zero-order valence-corrected chi connectivity index (χ0v) is 10.6. The number of hydrogen-bond acceptors (Lipinski definition) is 6. The van der Waals surface area contributed by atoms with Crippen LogP contribution in [0.5, 0.6) is 0 Å². The number of nitrogen functional groups attached to an aromatic ring is 1. The monoisotopic (exact) mass is 263 g/mol. The second-order valence-corrected chi connectivity index (χ2v) is 4.67. The van der Waals surface area contributed by atoms with Crippen molar-refractivity contribution in [3.63, 3.8) is 0 Å². The van der Waals surface area contributed by atoms with Gasteiger partial charge in [0, 0.05) is 4.88 Å². The lowest BCUT2D eigenvalue weighted by molar-refractivity contribution is 0.100. The Morgan fingerprint density at radius 1 is 1.50 bits per heavy atom. The molecule has 0 atom stereocenters. The van der Waals surface area contributed by atoms with E-state index in [0.717, 1.165) is 10.6 Å². The summed E-state index contributed by atoms with van der Waals surface area (Å²) in [5, 5.41) is 3.12. The van der Waals surface area contributed by atoms with E-state index in [-0.39, 0.29) is 5.82 Å². The van der Waals surface area contributed by atoms with Crippen LogP contribution in [0.3, 0.4) is 0 Å². The van der Waals surface area contributed by atoms with Crippen molar-refractivity contribution in [3.8, 4) is 0 Å². The summed E-state index contributed by atoms with van der Waals surface area (Å²) >= 11 is 1.55. The lowest BCUT2D eigenvalue weighted by Crippen LogP contribution is -2.15. The van der Waals surface area contributed by atoms with E-state index in [1.165, 1.54) is 12.3 Å². The highest BCUT2D eigenvalue weighted by Crippen LogP contribution is 2.19. The number of nitrogens with two attached hydrogens (primary N) is 2. The molecule has 0 unspecified atom stereocenters. The SMILES string of the molecule is Cc1ncsc1CNc1cnc(N)cc1C(N)=O. The normalized spacial score (nSPS) is 10.3. The van der Waals surface area contributed by atoms with Gasteiger partial charge in [0.25, 0.3) is 5.91 Å². The summed E-state index contributed by atoms with van der Waals surface area (Å²) in [5.41, 5.74) is 14.5. The van der Waals surface area contributed by atoms with E-state index in [4.69, 9.17) is 11.5 Å². The number of thiazole rings is 1. The van der Waals surface area contributed by atoms with Gasteiger partial charge in [-0.05, 0) is 13.0 Å². The van der Waals surface area contributed by atoms with Gasteiger partial charge < -0.3 is 16.8 Å². The largest absolute Gasteiger partial charge is 0.384 e. The summed E-state index contributed by atoms with van der Waals surface area (Å²) in [6.07, 6.45) is 1.51. The molecule has 0 aromatic carbocycles. The van der Waals surface area contributed by atoms with Crippen LogP contribution in [0, 0.1) is 6.92 Å². The van der Waals surface area contributed by atoms with Gasteiger partial charge in [0.15, 0.2) is 0 Å². The minimum absolute atomic E-state index is 0.267. The van der Waals surface area contributed by atoms with Gasteiger partial charge in [-0.2, -0.15) is 0 Å². The lowest BCUT2D eigenvalue weighted by Gasteiger charge is -2.09. The van der Waals surface area contributed by atoms with Crippen LogP contribution in [0.4, 0.5) is 11.5 Å². The Balaban J connectivity index is 2.19. The molecule has 18 heavy (non-hydrogen) atoms. The number of rotatable bonds is 4. The molecule has 1 amide bonds. The minimum Gasteiger partial charge on any atom is -0.384 e. The first kappa shape index (κ1) is 12.3. The molecule has 0 saturated heterocycles. The Morgan fingerprint density at radius 3 is 2.89 bits per heavy atom. The summed E-state index contributed by atoms with van der Waals surface area (Å²) in [6, 6.07) is 1.46. The number of nitrogens with zero attached hydrogens (tertiary/aromatic N) is 2. The highest BCUT2D eigenvalue weighted by atomic mass is 32.1. The molecule has 0 spiro atoms. The third kappa shape index (κ3) is 2.57. The van der Waals surface area contributed by atoms with E-state index >= 15 is 0 Å². The van der Waals surface area contributed by atoms with Crippen molar-refractivity contribution in [3.05, 3.63) is 33.9 Å². The number of aromatic nitrogens is 2. The standard InChI is InChI=1S/C11H13N5OS/c1-6-9(18-5-16-6)4-14-8-3-15-10(12)2-7(8)11(13)17/h2-3,5,14H,4H2,1H3,(H2,12,15)(H2,13,17). The zero-order chi connectivity index (χ0) is 13.1. The summed E-state index contributed by atoms with van der Waals surface area (Å²) in [5.74, 6) is -0.268. The quantitative estimate of drug-likeness (QED) is 0.766. The number of carbonyl (C=O) groups is 1. The van der Waals surface area contributed by atoms with Crippen molar-refractivity contribution >= 4 is 28.7 Å². The Morgan fingerprint density at radius 2 is 2.28 bits per heavy atom. The van der Waals surface area contributed by atoms with Crippen LogP contribution in [0.1, 0.15) is 20.9 Å². The summed E-state index contributed by atoms with van der Waals surface area (Å²) in [4.78, 5) is 20.5. The van der Waals surface area contributed by atoms with Gasteiger partial charge in [-0.1, -0.05) is 0 Å². The maximum absolute atomic E-state index is 11.3. The Labute approximate surface area is 108 Å². The van der Waals surface area contributed by atoms with Crippen molar-refractivity contribution in [1.29, 1.82) is 0 Å². The lowest BCUT2D eigenvalue weighted by atomic mass is 10.2. The molecule has 6 nitrogen and oxygen atoms in total. The van der Waals surface area contributed by atoms with Crippen molar-refractivity contribution in [1.82, 2.24) is 9.97 Å². The molecule has 0 radical (unpaired) electrons. The van der Waals surface area contributed by atoms with Gasteiger partial charge in [0.1, 0.15) is 5.82 Å². The second kappa shape index (κ2) is 5.01. The first-order chi connectivity index (χ1) is 8.58. The maximum Gasteiger partial charge on any atom is 0.250 e. The zero-order valence-electron chi connectivity index (χ0n) is 9.80. The summed E-state index contributed by atoms with van der Waals surface area (Å²) < 4.78 is 0. The molecular weight excluding hydrogens is 250 g/mol. The Hall–Kier alpha value is -2.15. The Bertz CT molecular complexity index is 581. The van der Waals surface area contributed by atoms with E-state index in [1.807, 2.05) is 6.92 Å². The molecule has 2 heterocycles. The third-order valence-corrected chi connectivity index (χ3v) is 3.41. The van der Waals surface area contributed by atoms with Crippen LogP contribution in [0.2, 0.25) is 0 Å². The van der Waals surface area contributed by atoms with Crippen molar-refractivity contribution < 1.29 is 4.79 Å². The van der Waals surface area contributed by atoms with Crippen molar-refractivity contribution in [2.24, 2.45) is 5.73 Å². The number of amides is 1. The van der Waals surface area contributed by atoms with E-state index < -0.39 is 5.91 Å². The van der Waals surface area contributed by atoms with Crippen LogP contribution in [0.25, 0.3) is 0 Å². The van der Waals surface area contributed by atoms with Gasteiger partial charge in [0.05, 0.1) is 35.2 Å². The fourth-order valence-corrected chi connectivity index (χ4v) is 2.20. The van der Waals surface area contributed by atoms with Crippen LogP contribution in [0.15, 0.2) is 17.8 Å². The predicted octanol–water partition coefficient (Wildman–Crippen LogP) is 1.14. The number of pyridine rings is 1.